The van der Waals surface area contributed by atoms with Crippen molar-refractivity contribution in [1.29, 1.82) is 0 Å². The van der Waals surface area contributed by atoms with Crippen LogP contribution in [0.4, 0.5) is 0 Å². The van der Waals surface area contributed by atoms with Crippen molar-refractivity contribution in [1.82, 2.24) is 4.81 Å². The fraction of sp³-hybridized carbons (Fsp3) is 1.00. The SMILES string of the molecule is CN(C)[B-]Cl. The molecule has 0 aromatic rings. The molecule has 0 saturated heterocycles. The Kier molecular flexibility index (Phi) is 2.71. The normalized spacial score (nSPS) is 9.60. The maximum absolute atomic E-state index is 5.14. The molecule has 0 aromatic carbocycles. The summed E-state index contributed by atoms with van der Waals surface area (Å²) in [5, 5.41) is 0. The van der Waals surface area contributed by atoms with Gasteiger partial charge < -0.3 is 16.3 Å². The van der Waals surface area contributed by atoms with Crippen LogP contribution in [0.15, 0.2) is 0 Å². The van der Waals surface area contributed by atoms with E-state index in [0.29, 0.717) is 0 Å². The maximum atomic E-state index is 5.14. The first-order valence-corrected chi connectivity index (χ1v) is 1.81. The number of hydrogen-bond acceptors (Lipinski definition) is 1. The predicted molar refractivity (Wildman–Crippen MR) is 25.3 cm³/mol. The van der Waals surface area contributed by atoms with Crippen LogP contribution in [0.1, 0.15) is 0 Å². The van der Waals surface area contributed by atoms with Gasteiger partial charge in [-0.3, -0.25) is 0 Å². The zero-order valence-electron chi connectivity index (χ0n) is 3.40. The van der Waals surface area contributed by atoms with Crippen LogP contribution in [0.2, 0.25) is 0 Å². The van der Waals surface area contributed by atoms with E-state index in [-0.39, 0.29) is 0 Å². The lowest BCUT2D eigenvalue weighted by atomic mass is 10.4. The molecule has 5 heavy (non-hydrogen) atoms. The molecular formula is C2H6BClN-. The number of rotatable bonds is 1. The molecule has 0 heterocycles. The minimum Gasteiger partial charge on any atom is -0.529 e. The van der Waals surface area contributed by atoms with Gasteiger partial charge in [-0.25, -0.2) is 0 Å². The molecule has 0 aromatic heterocycles. The van der Waals surface area contributed by atoms with Gasteiger partial charge in [0, 0.05) is 0 Å². The Morgan fingerprint density at radius 1 is 1.60 bits per heavy atom. The number of nitrogens with zero attached hydrogens (tertiary/aromatic N) is 1. The zero-order valence-corrected chi connectivity index (χ0v) is 4.16. The van der Waals surface area contributed by atoms with E-state index in [9.17, 15) is 0 Å². The van der Waals surface area contributed by atoms with Crippen molar-refractivity contribution in [3.05, 3.63) is 0 Å². The third-order valence-electron chi connectivity index (χ3n) is 0.195. The minimum absolute atomic E-state index is 1.47. The topological polar surface area (TPSA) is 3.24 Å². The quantitative estimate of drug-likeness (QED) is 0.419. The van der Waals surface area contributed by atoms with E-state index in [0.717, 1.165) is 0 Å². The van der Waals surface area contributed by atoms with Crippen LogP contribution in [0.25, 0.3) is 0 Å². The third-order valence-corrected chi connectivity index (χ3v) is 0.586. The van der Waals surface area contributed by atoms with E-state index in [1.807, 2.05) is 14.1 Å². The van der Waals surface area contributed by atoms with E-state index < -0.39 is 0 Å². The van der Waals surface area contributed by atoms with Gasteiger partial charge in [-0.2, -0.15) is 0 Å². The highest BCUT2D eigenvalue weighted by molar-refractivity contribution is 6.91. The summed E-state index contributed by atoms with van der Waals surface area (Å²) < 4.78 is 0. The Morgan fingerprint density at radius 2 is 1.80 bits per heavy atom. The second-order valence-corrected chi connectivity index (χ2v) is 1.26. The van der Waals surface area contributed by atoms with Crippen molar-refractivity contribution < 1.29 is 0 Å². The van der Waals surface area contributed by atoms with E-state index in [2.05, 4.69) is 0 Å². The fourth-order valence-electron chi connectivity index (χ4n) is 0. The van der Waals surface area contributed by atoms with Gasteiger partial charge in [0.2, 0.25) is 0 Å². The van der Waals surface area contributed by atoms with E-state index in [1.165, 1.54) is 6.83 Å². The molecule has 0 saturated carbocycles. The lowest BCUT2D eigenvalue weighted by Crippen LogP contribution is -2.10. The van der Waals surface area contributed by atoms with Gasteiger partial charge in [0.15, 0.2) is 0 Å². The van der Waals surface area contributed by atoms with Gasteiger partial charge in [-0.05, 0) is 0 Å². The van der Waals surface area contributed by atoms with E-state index in [4.69, 9.17) is 11.5 Å². The van der Waals surface area contributed by atoms with Crippen molar-refractivity contribution in [2.45, 2.75) is 0 Å². The molecule has 3 heteroatoms. The van der Waals surface area contributed by atoms with E-state index in [1.54, 1.807) is 4.81 Å². The molecule has 30 valence electrons. The molecule has 0 N–H and O–H groups in total. The Hall–Kier alpha value is 0.315. The number of hydrogen-bond donors (Lipinski definition) is 0. The van der Waals surface area contributed by atoms with Gasteiger partial charge >= 0.3 is 0 Å². The van der Waals surface area contributed by atoms with Crippen molar-refractivity contribution >= 4 is 18.3 Å². The highest BCUT2D eigenvalue weighted by Gasteiger charge is 1.56. The maximum Gasteiger partial charge on any atom is -0.0544 e. The van der Waals surface area contributed by atoms with Crippen molar-refractivity contribution in [2.75, 3.05) is 14.1 Å². The standard InChI is InChI=1S/C2H6BClN/c1-5(2)3-4/h1-2H3/q-1. The van der Waals surface area contributed by atoms with Gasteiger partial charge in [-0.15, -0.1) is 6.83 Å². The largest absolute Gasteiger partial charge is 0.529 e. The highest BCUT2D eigenvalue weighted by atomic mass is 35.5. The second-order valence-electron chi connectivity index (χ2n) is 1.06. The van der Waals surface area contributed by atoms with Gasteiger partial charge in [0.05, 0.1) is 0 Å². The third kappa shape index (κ3) is 4.31. The van der Waals surface area contributed by atoms with Crippen LogP contribution in [0.5, 0.6) is 0 Å². The zero-order chi connectivity index (χ0) is 4.28. The van der Waals surface area contributed by atoms with Gasteiger partial charge in [-0.1, -0.05) is 14.1 Å². The Balaban J connectivity index is 2.54. The molecule has 0 fully saturated rings. The van der Waals surface area contributed by atoms with Crippen molar-refractivity contribution in [2.24, 2.45) is 0 Å². The Morgan fingerprint density at radius 3 is 1.80 bits per heavy atom. The lowest BCUT2D eigenvalue weighted by Gasteiger charge is -2.16. The molecule has 0 amide bonds. The second kappa shape index (κ2) is 2.55. The Bertz CT molecular complexity index is 23.6. The highest BCUT2D eigenvalue weighted by Crippen LogP contribution is 1.69. The summed E-state index contributed by atoms with van der Waals surface area (Å²) in [4.78, 5) is 1.77. The molecule has 0 aliphatic heterocycles. The Labute approximate surface area is 38.1 Å². The summed E-state index contributed by atoms with van der Waals surface area (Å²) >= 11 is 5.14. The van der Waals surface area contributed by atoms with Crippen LogP contribution in [-0.4, -0.2) is 25.7 Å². The first-order valence-electron chi connectivity index (χ1n) is 1.37. The average molecular weight is 90.3 g/mol. The van der Waals surface area contributed by atoms with E-state index >= 15 is 0 Å². The predicted octanol–water partition coefficient (Wildman–Crippen LogP) is 0.321. The number of halogens is 1. The van der Waals surface area contributed by atoms with Crippen molar-refractivity contribution in [3.8, 4) is 0 Å². The van der Waals surface area contributed by atoms with Crippen LogP contribution in [0.3, 0.4) is 0 Å². The van der Waals surface area contributed by atoms with Gasteiger partial charge in [0.25, 0.3) is 0 Å². The molecule has 0 unspecified atom stereocenters. The molecule has 0 aliphatic carbocycles. The molecule has 0 atom stereocenters. The van der Waals surface area contributed by atoms with Gasteiger partial charge in [0.1, 0.15) is 0 Å². The summed E-state index contributed by atoms with van der Waals surface area (Å²) in [6.45, 7) is 1.47. The molecule has 0 spiro atoms. The summed E-state index contributed by atoms with van der Waals surface area (Å²) in [7, 11) is 3.74. The van der Waals surface area contributed by atoms with Crippen LogP contribution < -0.4 is 0 Å². The van der Waals surface area contributed by atoms with Crippen molar-refractivity contribution in [3.63, 3.8) is 0 Å². The van der Waals surface area contributed by atoms with Crippen LogP contribution >= 0.6 is 11.5 Å². The minimum atomic E-state index is 1.47. The molecule has 1 nitrogen and oxygen atoms in total. The van der Waals surface area contributed by atoms with Crippen LogP contribution in [-0.2, 0) is 0 Å². The molecule has 0 aliphatic rings. The van der Waals surface area contributed by atoms with Crippen LogP contribution in [0, 0.1) is 0 Å². The monoisotopic (exact) mass is 90.0 g/mol. The summed E-state index contributed by atoms with van der Waals surface area (Å²) in [6.07, 6.45) is 0. The first-order chi connectivity index (χ1) is 2.27. The fourth-order valence-corrected chi connectivity index (χ4v) is 0. The molecular weight excluding hydrogens is 84.3 g/mol. The first kappa shape index (κ1) is 5.31. The molecule has 2 radical (unpaired) electrons. The molecule has 0 rings (SSSR count). The smallest absolute Gasteiger partial charge is 0.0544 e. The summed E-state index contributed by atoms with van der Waals surface area (Å²) in [5.41, 5.74) is 0. The average Bonchev–Trinajstić information content (AvgIpc) is 1.38. The summed E-state index contributed by atoms with van der Waals surface area (Å²) in [6, 6.07) is 0. The molecule has 0 bridgehead atoms. The summed E-state index contributed by atoms with van der Waals surface area (Å²) in [5.74, 6) is 0. The lowest BCUT2D eigenvalue weighted by molar-refractivity contribution is 0.673.